The number of hydrogen-bond acceptors (Lipinski definition) is 5. The SMILES string of the molecule is CCc1nc2c(C)cc(C)nc2n1Cc1ccc(C(=Cc2nn[nH]n2)c2ccccc2F)cc1. The number of imidazole rings is 1. The largest absolute Gasteiger partial charge is 0.308 e. The second-order valence-corrected chi connectivity index (χ2v) is 8.23. The molecule has 3 heterocycles. The third-order valence-corrected chi connectivity index (χ3v) is 5.82. The van der Waals surface area contributed by atoms with Gasteiger partial charge in [0.15, 0.2) is 11.5 Å². The van der Waals surface area contributed by atoms with Gasteiger partial charge in [-0.25, -0.2) is 14.4 Å². The summed E-state index contributed by atoms with van der Waals surface area (Å²) in [7, 11) is 0. The molecule has 0 fully saturated rings. The Morgan fingerprint density at radius 1 is 1.06 bits per heavy atom. The van der Waals surface area contributed by atoms with Crippen LogP contribution in [0, 0.1) is 19.7 Å². The van der Waals surface area contributed by atoms with Gasteiger partial charge in [-0.2, -0.15) is 5.21 Å². The van der Waals surface area contributed by atoms with Crippen LogP contribution in [-0.2, 0) is 13.0 Å². The van der Waals surface area contributed by atoms with Gasteiger partial charge in [0.25, 0.3) is 0 Å². The zero-order valence-corrected chi connectivity index (χ0v) is 19.2. The van der Waals surface area contributed by atoms with E-state index in [0.717, 1.165) is 45.8 Å². The first-order valence-electron chi connectivity index (χ1n) is 11.2. The van der Waals surface area contributed by atoms with E-state index >= 15 is 0 Å². The van der Waals surface area contributed by atoms with E-state index in [1.54, 1.807) is 18.2 Å². The molecule has 3 aromatic heterocycles. The van der Waals surface area contributed by atoms with Crippen molar-refractivity contribution in [2.24, 2.45) is 0 Å². The first-order valence-corrected chi connectivity index (χ1v) is 11.2. The van der Waals surface area contributed by atoms with Crippen LogP contribution in [0.2, 0.25) is 0 Å². The number of H-pyrrole nitrogens is 1. The molecule has 0 bridgehead atoms. The molecule has 0 atom stereocenters. The molecule has 0 saturated carbocycles. The predicted octanol–water partition coefficient (Wildman–Crippen LogP) is 4.90. The fraction of sp³-hybridized carbons (Fsp3) is 0.192. The summed E-state index contributed by atoms with van der Waals surface area (Å²) in [5, 5.41) is 14.0. The number of nitrogens with zero attached hydrogens (tertiary/aromatic N) is 6. The van der Waals surface area contributed by atoms with Crippen LogP contribution in [0.25, 0.3) is 22.8 Å². The summed E-state index contributed by atoms with van der Waals surface area (Å²) in [6.07, 6.45) is 2.54. The van der Waals surface area contributed by atoms with Crippen molar-refractivity contribution in [3.63, 3.8) is 0 Å². The first-order chi connectivity index (χ1) is 16.5. The van der Waals surface area contributed by atoms with Gasteiger partial charge >= 0.3 is 0 Å². The number of hydrogen-bond donors (Lipinski definition) is 1. The molecule has 7 nitrogen and oxygen atoms in total. The molecular formula is C26H24FN7. The summed E-state index contributed by atoms with van der Waals surface area (Å²) in [6.45, 7) is 6.83. The van der Waals surface area contributed by atoms with Gasteiger partial charge in [-0.05, 0) is 59.5 Å². The maximum atomic E-state index is 14.7. The fourth-order valence-electron chi connectivity index (χ4n) is 4.21. The first kappa shape index (κ1) is 21.6. The summed E-state index contributed by atoms with van der Waals surface area (Å²) in [5.41, 5.74) is 7.08. The second-order valence-electron chi connectivity index (χ2n) is 8.23. The second kappa shape index (κ2) is 8.97. The Labute approximate surface area is 196 Å². The van der Waals surface area contributed by atoms with Gasteiger partial charge in [-0.15, -0.1) is 10.2 Å². The number of pyridine rings is 1. The normalized spacial score (nSPS) is 11.9. The van der Waals surface area contributed by atoms with Crippen LogP contribution in [0.5, 0.6) is 0 Å². The van der Waals surface area contributed by atoms with Crippen molar-refractivity contribution in [2.45, 2.75) is 33.7 Å². The molecular weight excluding hydrogens is 429 g/mol. The molecule has 0 spiro atoms. The van der Waals surface area contributed by atoms with Crippen molar-refractivity contribution in [1.29, 1.82) is 0 Å². The van der Waals surface area contributed by atoms with Crippen LogP contribution >= 0.6 is 0 Å². The lowest BCUT2D eigenvalue weighted by molar-refractivity contribution is 0.624. The molecule has 0 radical (unpaired) electrons. The topological polar surface area (TPSA) is 85.2 Å². The number of tetrazole rings is 1. The van der Waals surface area contributed by atoms with Crippen LogP contribution in [0.3, 0.4) is 0 Å². The molecule has 0 saturated heterocycles. The number of fused-ring (bicyclic) bond motifs is 1. The van der Waals surface area contributed by atoms with E-state index in [-0.39, 0.29) is 5.82 Å². The van der Waals surface area contributed by atoms with Crippen LogP contribution in [0.15, 0.2) is 54.6 Å². The standard InChI is InChI=1S/C26H24FN7/c1-4-24-29-25-16(2)13-17(3)28-26(25)34(24)15-18-9-11-19(12-10-18)21(14-23-30-32-33-31-23)20-7-5-6-8-22(20)27/h5-14H,4,15H2,1-3H3,(H,30,31,32,33). The summed E-state index contributed by atoms with van der Waals surface area (Å²) >= 11 is 0. The van der Waals surface area contributed by atoms with E-state index in [1.807, 2.05) is 37.3 Å². The molecule has 0 aliphatic carbocycles. The molecule has 0 unspecified atom stereocenters. The summed E-state index contributed by atoms with van der Waals surface area (Å²) < 4.78 is 16.8. The fourth-order valence-corrected chi connectivity index (χ4v) is 4.21. The van der Waals surface area contributed by atoms with Crippen molar-refractivity contribution in [3.8, 4) is 0 Å². The monoisotopic (exact) mass is 453 g/mol. The number of aromatic amines is 1. The van der Waals surface area contributed by atoms with Crippen LogP contribution in [-0.4, -0.2) is 35.2 Å². The summed E-state index contributed by atoms with van der Waals surface area (Å²) in [4.78, 5) is 9.60. The number of halogens is 1. The van der Waals surface area contributed by atoms with Gasteiger partial charge in [0.1, 0.15) is 17.2 Å². The minimum absolute atomic E-state index is 0.310. The van der Waals surface area contributed by atoms with Crippen LogP contribution in [0.1, 0.15) is 46.5 Å². The van der Waals surface area contributed by atoms with Crippen molar-refractivity contribution >= 4 is 22.8 Å². The predicted molar refractivity (Wildman–Crippen MR) is 129 cm³/mol. The van der Waals surface area contributed by atoms with Crippen molar-refractivity contribution in [1.82, 2.24) is 35.2 Å². The van der Waals surface area contributed by atoms with Gasteiger partial charge in [-0.1, -0.05) is 49.4 Å². The lowest BCUT2D eigenvalue weighted by atomic mass is 9.96. The zero-order valence-electron chi connectivity index (χ0n) is 19.2. The molecule has 1 N–H and O–H groups in total. The molecule has 2 aromatic carbocycles. The maximum absolute atomic E-state index is 14.7. The van der Waals surface area contributed by atoms with Crippen LogP contribution in [0.4, 0.5) is 4.39 Å². The molecule has 0 aliphatic heterocycles. The molecule has 5 rings (SSSR count). The Kier molecular flexibility index (Phi) is 5.71. The molecule has 0 amide bonds. The minimum atomic E-state index is -0.310. The highest BCUT2D eigenvalue weighted by Crippen LogP contribution is 2.28. The lowest BCUT2D eigenvalue weighted by Gasteiger charge is -2.12. The Hall–Kier alpha value is -4.20. The third-order valence-electron chi connectivity index (χ3n) is 5.82. The van der Waals surface area contributed by atoms with E-state index in [9.17, 15) is 4.39 Å². The van der Waals surface area contributed by atoms with E-state index in [1.165, 1.54) is 6.07 Å². The quantitative estimate of drug-likeness (QED) is 0.395. The average Bonchev–Trinajstić information content (AvgIpc) is 3.47. The molecule has 8 heteroatoms. The highest BCUT2D eigenvalue weighted by molar-refractivity contribution is 5.90. The summed E-state index contributed by atoms with van der Waals surface area (Å²) in [5.74, 6) is 1.08. The van der Waals surface area contributed by atoms with Gasteiger partial charge in [0.2, 0.25) is 0 Å². The number of aromatic nitrogens is 7. The minimum Gasteiger partial charge on any atom is -0.308 e. The number of rotatable bonds is 6. The number of nitrogens with one attached hydrogen (secondary N) is 1. The van der Waals surface area contributed by atoms with Crippen molar-refractivity contribution < 1.29 is 4.39 Å². The highest BCUT2D eigenvalue weighted by atomic mass is 19.1. The average molecular weight is 454 g/mol. The number of aryl methyl sites for hydroxylation is 3. The van der Waals surface area contributed by atoms with Crippen molar-refractivity contribution in [3.05, 3.63) is 100 Å². The Morgan fingerprint density at radius 2 is 1.85 bits per heavy atom. The molecule has 0 aliphatic rings. The Morgan fingerprint density at radius 3 is 2.56 bits per heavy atom. The molecule has 170 valence electrons. The van der Waals surface area contributed by atoms with E-state index in [2.05, 4.69) is 45.1 Å². The van der Waals surface area contributed by atoms with Gasteiger partial charge < -0.3 is 4.57 Å². The Balaban J connectivity index is 1.53. The van der Waals surface area contributed by atoms with E-state index in [0.29, 0.717) is 23.5 Å². The smallest absolute Gasteiger partial charge is 0.198 e. The zero-order chi connectivity index (χ0) is 23.7. The highest BCUT2D eigenvalue weighted by Gasteiger charge is 2.15. The third kappa shape index (κ3) is 4.10. The summed E-state index contributed by atoms with van der Waals surface area (Å²) in [6, 6.07) is 16.8. The van der Waals surface area contributed by atoms with Gasteiger partial charge in [0.05, 0.1) is 6.54 Å². The van der Waals surface area contributed by atoms with E-state index in [4.69, 9.17) is 9.97 Å². The van der Waals surface area contributed by atoms with Crippen LogP contribution < -0.4 is 0 Å². The number of benzene rings is 2. The van der Waals surface area contributed by atoms with Gasteiger partial charge in [0, 0.05) is 17.7 Å². The maximum Gasteiger partial charge on any atom is 0.198 e. The molecule has 34 heavy (non-hydrogen) atoms. The van der Waals surface area contributed by atoms with E-state index < -0.39 is 0 Å². The van der Waals surface area contributed by atoms with Crippen molar-refractivity contribution in [2.75, 3.05) is 0 Å². The molecule has 5 aromatic rings. The van der Waals surface area contributed by atoms with Gasteiger partial charge in [-0.3, -0.25) is 0 Å². The lowest BCUT2D eigenvalue weighted by Crippen LogP contribution is -2.06. The Bertz CT molecular complexity index is 1480.